The van der Waals surface area contributed by atoms with Gasteiger partial charge in [-0.3, -0.25) is 10.2 Å². The fraction of sp³-hybridized carbons (Fsp3) is 0.750. The van der Waals surface area contributed by atoms with E-state index in [0.29, 0.717) is 0 Å². The molecule has 0 aliphatic carbocycles. The lowest BCUT2D eigenvalue weighted by atomic mass is 10.3. The molecule has 0 heterocycles. The highest BCUT2D eigenvalue weighted by molar-refractivity contribution is 5.75. The van der Waals surface area contributed by atoms with Crippen LogP contribution in [0.3, 0.4) is 0 Å². The van der Waals surface area contributed by atoms with Gasteiger partial charge >= 0.3 is 0 Å². The first kappa shape index (κ1) is 8.29. The zero-order chi connectivity index (χ0) is 7.28. The third-order valence-corrected chi connectivity index (χ3v) is 0.751. The Kier molecular flexibility index (Phi) is 3.87. The van der Waals surface area contributed by atoms with E-state index in [4.69, 9.17) is 0 Å². The summed E-state index contributed by atoms with van der Waals surface area (Å²) in [4.78, 5) is 10.1. The number of halogens is 2. The molecule has 5 heteroatoms. The highest BCUT2D eigenvalue weighted by Crippen LogP contribution is 2.01. The molecule has 0 aliphatic rings. The van der Waals surface area contributed by atoms with Crippen LogP contribution in [-0.4, -0.2) is 12.3 Å². The normalized spacial score (nSPS) is 9.78. The SMILES string of the molecule is NNC(=O)CCC(F)F. The van der Waals surface area contributed by atoms with Gasteiger partial charge in [-0.2, -0.15) is 0 Å². The molecule has 0 unspecified atom stereocenters. The molecule has 0 saturated carbocycles. The third-order valence-electron chi connectivity index (χ3n) is 0.751. The lowest BCUT2D eigenvalue weighted by molar-refractivity contribution is -0.121. The maximum absolute atomic E-state index is 11.3. The smallest absolute Gasteiger partial charge is 0.239 e. The first-order chi connectivity index (χ1) is 4.16. The fourth-order valence-corrected chi connectivity index (χ4v) is 0.312. The molecule has 1 amide bonds. The van der Waals surface area contributed by atoms with Crippen LogP contribution in [0, 0.1) is 0 Å². The van der Waals surface area contributed by atoms with Crippen LogP contribution < -0.4 is 11.3 Å². The molecule has 0 aliphatic heterocycles. The number of amides is 1. The van der Waals surface area contributed by atoms with Gasteiger partial charge in [0.1, 0.15) is 0 Å². The lowest BCUT2D eigenvalue weighted by Gasteiger charge is -1.96. The Balaban J connectivity index is 3.17. The molecule has 0 saturated heterocycles. The monoisotopic (exact) mass is 138 g/mol. The molecule has 3 nitrogen and oxygen atoms in total. The van der Waals surface area contributed by atoms with E-state index in [-0.39, 0.29) is 6.42 Å². The first-order valence-corrected chi connectivity index (χ1v) is 2.44. The van der Waals surface area contributed by atoms with E-state index in [1.807, 2.05) is 0 Å². The number of alkyl halides is 2. The van der Waals surface area contributed by atoms with E-state index in [1.165, 1.54) is 0 Å². The van der Waals surface area contributed by atoms with Gasteiger partial charge in [0.25, 0.3) is 0 Å². The van der Waals surface area contributed by atoms with E-state index in [2.05, 4.69) is 5.84 Å². The first-order valence-electron chi connectivity index (χ1n) is 2.44. The summed E-state index contributed by atoms with van der Waals surface area (Å²) in [5.74, 6) is 4.05. The number of carbonyl (C=O) groups excluding carboxylic acids is 1. The largest absolute Gasteiger partial charge is 0.294 e. The zero-order valence-corrected chi connectivity index (χ0v) is 4.73. The molecule has 0 aromatic heterocycles. The van der Waals surface area contributed by atoms with Crippen LogP contribution in [0.25, 0.3) is 0 Å². The molecular formula is C4H8F2N2O. The average Bonchev–Trinajstić information content (AvgIpc) is 1.83. The van der Waals surface area contributed by atoms with E-state index in [1.54, 1.807) is 5.43 Å². The average molecular weight is 138 g/mol. The summed E-state index contributed by atoms with van der Waals surface area (Å²) in [5, 5.41) is 0. The van der Waals surface area contributed by atoms with Crippen LogP contribution in [0.15, 0.2) is 0 Å². The molecule has 0 spiro atoms. The third kappa shape index (κ3) is 5.16. The number of carbonyl (C=O) groups is 1. The molecule has 0 rings (SSSR count). The van der Waals surface area contributed by atoms with Crippen LogP contribution in [-0.2, 0) is 4.79 Å². The second-order valence-corrected chi connectivity index (χ2v) is 1.50. The van der Waals surface area contributed by atoms with Crippen molar-refractivity contribution in [1.29, 1.82) is 0 Å². The molecule has 9 heavy (non-hydrogen) atoms. The van der Waals surface area contributed by atoms with Gasteiger partial charge in [0.2, 0.25) is 12.3 Å². The number of hydrogen-bond donors (Lipinski definition) is 2. The summed E-state index contributed by atoms with van der Waals surface area (Å²) in [6, 6.07) is 0. The van der Waals surface area contributed by atoms with Gasteiger partial charge in [-0.15, -0.1) is 0 Å². The summed E-state index contributed by atoms with van der Waals surface area (Å²) >= 11 is 0. The second kappa shape index (κ2) is 4.20. The minimum Gasteiger partial charge on any atom is -0.294 e. The van der Waals surface area contributed by atoms with Crippen molar-refractivity contribution in [2.24, 2.45) is 5.84 Å². The van der Waals surface area contributed by atoms with Gasteiger partial charge < -0.3 is 0 Å². The van der Waals surface area contributed by atoms with Crippen molar-refractivity contribution < 1.29 is 13.6 Å². The van der Waals surface area contributed by atoms with Crippen LogP contribution >= 0.6 is 0 Å². The Bertz CT molecular complexity index is 96.6. The highest BCUT2D eigenvalue weighted by atomic mass is 19.3. The van der Waals surface area contributed by atoms with Gasteiger partial charge in [-0.05, 0) is 0 Å². The van der Waals surface area contributed by atoms with Gasteiger partial charge in [0.05, 0.1) is 0 Å². The zero-order valence-electron chi connectivity index (χ0n) is 4.73. The van der Waals surface area contributed by atoms with Crippen LogP contribution in [0.5, 0.6) is 0 Å². The lowest BCUT2D eigenvalue weighted by Crippen LogP contribution is -2.30. The second-order valence-electron chi connectivity index (χ2n) is 1.50. The van der Waals surface area contributed by atoms with Crippen molar-refractivity contribution in [3.63, 3.8) is 0 Å². The van der Waals surface area contributed by atoms with Crippen molar-refractivity contribution in [2.75, 3.05) is 0 Å². The minimum atomic E-state index is -2.43. The molecule has 0 aromatic carbocycles. The number of nitrogens with two attached hydrogens (primary N) is 1. The predicted octanol–water partition coefficient (Wildman–Crippen LogP) is 0.0216. The Morgan fingerprint density at radius 3 is 2.56 bits per heavy atom. The Hall–Kier alpha value is -0.710. The Morgan fingerprint density at radius 2 is 2.22 bits per heavy atom. The van der Waals surface area contributed by atoms with Gasteiger partial charge in [-0.25, -0.2) is 14.6 Å². The summed E-state index contributed by atoms with van der Waals surface area (Å²) in [7, 11) is 0. The predicted molar refractivity (Wildman–Crippen MR) is 27.6 cm³/mol. The molecule has 0 radical (unpaired) electrons. The maximum Gasteiger partial charge on any atom is 0.239 e. The van der Waals surface area contributed by atoms with Gasteiger partial charge in [-0.1, -0.05) is 0 Å². The standard InChI is InChI=1S/C4H8F2N2O/c5-3(6)1-2-4(9)8-7/h3H,1-2,7H2,(H,8,9). The fourth-order valence-electron chi connectivity index (χ4n) is 0.312. The Morgan fingerprint density at radius 1 is 1.67 bits per heavy atom. The van der Waals surface area contributed by atoms with Crippen molar-refractivity contribution in [3.8, 4) is 0 Å². The van der Waals surface area contributed by atoms with Crippen molar-refractivity contribution >= 4 is 5.91 Å². The molecular weight excluding hydrogens is 130 g/mol. The van der Waals surface area contributed by atoms with E-state index >= 15 is 0 Å². The Labute approximate surface area is 51.2 Å². The highest BCUT2D eigenvalue weighted by Gasteiger charge is 2.05. The number of rotatable bonds is 3. The van der Waals surface area contributed by atoms with E-state index in [0.717, 1.165) is 0 Å². The minimum absolute atomic E-state index is 0.214. The van der Waals surface area contributed by atoms with E-state index in [9.17, 15) is 13.6 Å². The number of hydrazine groups is 1. The van der Waals surface area contributed by atoms with Crippen molar-refractivity contribution in [2.45, 2.75) is 19.3 Å². The molecule has 0 atom stereocenters. The van der Waals surface area contributed by atoms with Crippen LogP contribution in [0.4, 0.5) is 8.78 Å². The quantitative estimate of drug-likeness (QED) is 0.328. The van der Waals surface area contributed by atoms with Crippen molar-refractivity contribution in [1.82, 2.24) is 5.43 Å². The molecule has 3 N–H and O–H groups in total. The number of nitrogens with one attached hydrogen (secondary N) is 1. The van der Waals surface area contributed by atoms with Crippen LogP contribution in [0.2, 0.25) is 0 Å². The van der Waals surface area contributed by atoms with Gasteiger partial charge in [0.15, 0.2) is 0 Å². The van der Waals surface area contributed by atoms with Crippen LogP contribution in [0.1, 0.15) is 12.8 Å². The maximum atomic E-state index is 11.3. The van der Waals surface area contributed by atoms with E-state index < -0.39 is 18.8 Å². The summed E-state index contributed by atoms with van der Waals surface area (Å²) in [6.45, 7) is 0. The summed E-state index contributed by atoms with van der Waals surface area (Å²) < 4.78 is 22.6. The van der Waals surface area contributed by atoms with Gasteiger partial charge in [0, 0.05) is 12.8 Å². The molecule has 0 fully saturated rings. The molecule has 0 bridgehead atoms. The van der Waals surface area contributed by atoms with Crippen molar-refractivity contribution in [3.05, 3.63) is 0 Å². The molecule has 54 valence electrons. The topological polar surface area (TPSA) is 55.1 Å². The molecule has 0 aromatic rings. The summed E-state index contributed by atoms with van der Waals surface area (Å²) in [5.41, 5.74) is 1.75. The number of hydrogen-bond acceptors (Lipinski definition) is 2. The summed E-state index contributed by atoms with van der Waals surface area (Å²) in [6.07, 6.45) is -3.07.